The van der Waals surface area contributed by atoms with Crippen molar-refractivity contribution < 1.29 is 22.3 Å². The molecule has 0 radical (unpaired) electrons. The monoisotopic (exact) mass is 369 g/mol. The van der Waals surface area contributed by atoms with E-state index in [4.69, 9.17) is 4.74 Å². The second kappa shape index (κ2) is 8.01. The minimum atomic E-state index is -1.68. The normalized spacial score (nSPS) is 18.1. The van der Waals surface area contributed by atoms with Crippen LogP contribution in [-0.2, 0) is 17.8 Å². The van der Waals surface area contributed by atoms with Crippen LogP contribution in [0.2, 0.25) is 0 Å². The average Bonchev–Trinajstić information content (AvgIpc) is 2.60. The maximum atomic E-state index is 13.6. The van der Waals surface area contributed by atoms with Gasteiger partial charge in [0.05, 0.1) is 12.7 Å². The molecule has 2 heterocycles. The van der Waals surface area contributed by atoms with Crippen LogP contribution in [0.4, 0.5) is 23.2 Å². The number of ether oxygens (including phenoxy) is 1. The Bertz CT molecular complexity index is 761. The number of rotatable bonds is 5. The molecule has 4 nitrogen and oxygen atoms in total. The summed E-state index contributed by atoms with van der Waals surface area (Å²) in [5.74, 6) is -6.44. The number of pyridine rings is 1. The molecule has 1 N–H and O–H groups in total. The van der Waals surface area contributed by atoms with Crippen LogP contribution in [0.15, 0.2) is 24.3 Å². The molecule has 26 heavy (non-hydrogen) atoms. The van der Waals surface area contributed by atoms with Gasteiger partial charge in [0.15, 0.2) is 0 Å². The SMILES string of the molecule is CC1CN(Cc2cccc(CNc3c(F)c(F)nc(F)c3F)c2)CCO1. The van der Waals surface area contributed by atoms with Crippen molar-refractivity contribution in [1.82, 2.24) is 9.88 Å². The number of morpholine rings is 1. The van der Waals surface area contributed by atoms with Gasteiger partial charge in [0.25, 0.3) is 11.9 Å². The number of benzene rings is 1. The Balaban J connectivity index is 1.68. The highest BCUT2D eigenvalue weighted by atomic mass is 19.2. The summed E-state index contributed by atoms with van der Waals surface area (Å²) >= 11 is 0. The van der Waals surface area contributed by atoms with Crippen LogP contribution in [0.3, 0.4) is 0 Å². The first-order valence-corrected chi connectivity index (χ1v) is 8.29. The molecule has 3 rings (SSSR count). The maximum absolute atomic E-state index is 13.6. The fourth-order valence-corrected chi connectivity index (χ4v) is 2.96. The predicted octanol–water partition coefficient (Wildman–Crippen LogP) is 3.47. The number of nitrogens with zero attached hydrogens (tertiary/aromatic N) is 2. The molecule has 2 aromatic rings. The third-order valence-corrected chi connectivity index (χ3v) is 4.19. The van der Waals surface area contributed by atoms with E-state index in [0.717, 1.165) is 30.8 Å². The van der Waals surface area contributed by atoms with Crippen molar-refractivity contribution >= 4 is 5.69 Å². The van der Waals surface area contributed by atoms with E-state index in [1.54, 1.807) is 6.07 Å². The van der Waals surface area contributed by atoms with E-state index in [0.29, 0.717) is 6.61 Å². The first-order chi connectivity index (χ1) is 12.4. The fourth-order valence-electron chi connectivity index (χ4n) is 2.96. The number of nitrogens with one attached hydrogen (secondary N) is 1. The van der Waals surface area contributed by atoms with Crippen LogP contribution < -0.4 is 5.32 Å². The minimum Gasteiger partial charge on any atom is -0.376 e. The summed E-state index contributed by atoms with van der Waals surface area (Å²) in [6.07, 6.45) is 0.177. The molecule has 1 saturated heterocycles. The van der Waals surface area contributed by atoms with Gasteiger partial charge < -0.3 is 10.1 Å². The molecule has 0 spiro atoms. The zero-order valence-electron chi connectivity index (χ0n) is 14.2. The van der Waals surface area contributed by atoms with E-state index in [1.807, 2.05) is 25.1 Å². The predicted molar refractivity (Wildman–Crippen MR) is 88.5 cm³/mol. The second-order valence-electron chi connectivity index (χ2n) is 6.29. The Labute approximate surface area is 148 Å². The highest BCUT2D eigenvalue weighted by Gasteiger charge is 2.20. The molecule has 0 bridgehead atoms. The number of hydrogen-bond donors (Lipinski definition) is 1. The lowest BCUT2D eigenvalue weighted by Gasteiger charge is -2.31. The van der Waals surface area contributed by atoms with Gasteiger partial charge in [-0.1, -0.05) is 24.3 Å². The fraction of sp³-hybridized carbons (Fsp3) is 0.389. The summed E-state index contributed by atoms with van der Waals surface area (Å²) in [5.41, 5.74) is 0.911. The average molecular weight is 369 g/mol. The highest BCUT2D eigenvalue weighted by Crippen LogP contribution is 2.23. The van der Waals surface area contributed by atoms with Crippen LogP contribution in [-0.4, -0.2) is 35.7 Å². The van der Waals surface area contributed by atoms with Crippen LogP contribution in [0.1, 0.15) is 18.1 Å². The first-order valence-electron chi connectivity index (χ1n) is 8.29. The van der Waals surface area contributed by atoms with Gasteiger partial charge in [0.2, 0.25) is 11.6 Å². The molecule has 1 aromatic heterocycles. The summed E-state index contributed by atoms with van der Waals surface area (Å²) in [5, 5.41) is 2.41. The number of hydrogen-bond acceptors (Lipinski definition) is 4. The lowest BCUT2D eigenvalue weighted by Crippen LogP contribution is -2.40. The van der Waals surface area contributed by atoms with Gasteiger partial charge >= 0.3 is 0 Å². The molecule has 8 heteroatoms. The smallest absolute Gasteiger partial charge is 0.253 e. The topological polar surface area (TPSA) is 37.4 Å². The standard InChI is InChI=1S/C18H19F4N3O/c1-11-9-25(5-6-26-11)10-13-4-2-3-12(7-13)8-23-16-14(19)17(21)24-18(22)15(16)20/h2-4,7,11H,5-6,8-10H2,1H3,(H,23,24). The Morgan fingerprint density at radius 3 is 2.54 bits per heavy atom. The van der Waals surface area contributed by atoms with Crippen molar-refractivity contribution in [2.75, 3.05) is 25.0 Å². The molecule has 0 amide bonds. The third-order valence-electron chi connectivity index (χ3n) is 4.19. The molecule has 1 unspecified atom stereocenters. The van der Waals surface area contributed by atoms with E-state index >= 15 is 0 Å². The van der Waals surface area contributed by atoms with Gasteiger partial charge in [-0.3, -0.25) is 4.90 Å². The van der Waals surface area contributed by atoms with Crippen molar-refractivity contribution in [2.24, 2.45) is 0 Å². The number of anilines is 1. The lowest BCUT2D eigenvalue weighted by molar-refractivity contribution is -0.0212. The number of halogens is 4. The van der Waals surface area contributed by atoms with Crippen molar-refractivity contribution in [2.45, 2.75) is 26.1 Å². The van der Waals surface area contributed by atoms with Gasteiger partial charge in [-0.15, -0.1) is 0 Å². The molecular weight excluding hydrogens is 350 g/mol. The zero-order chi connectivity index (χ0) is 18.7. The zero-order valence-corrected chi connectivity index (χ0v) is 14.2. The van der Waals surface area contributed by atoms with Crippen molar-refractivity contribution in [3.8, 4) is 0 Å². The summed E-state index contributed by atoms with van der Waals surface area (Å²) < 4.78 is 59.1. The largest absolute Gasteiger partial charge is 0.376 e. The third kappa shape index (κ3) is 4.31. The molecule has 1 aromatic carbocycles. The molecule has 0 aliphatic carbocycles. The number of aromatic nitrogens is 1. The molecule has 1 aliphatic heterocycles. The van der Waals surface area contributed by atoms with Crippen LogP contribution in [0.5, 0.6) is 0 Å². The molecule has 1 aliphatic rings. The quantitative estimate of drug-likeness (QED) is 0.647. The van der Waals surface area contributed by atoms with Gasteiger partial charge in [-0.2, -0.15) is 22.5 Å². The van der Waals surface area contributed by atoms with E-state index in [1.165, 1.54) is 0 Å². The van der Waals surface area contributed by atoms with Crippen molar-refractivity contribution in [3.63, 3.8) is 0 Å². The van der Waals surface area contributed by atoms with Crippen LogP contribution in [0, 0.1) is 23.5 Å². The van der Waals surface area contributed by atoms with E-state index in [2.05, 4.69) is 15.2 Å². The highest BCUT2D eigenvalue weighted by molar-refractivity contribution is 5.46. The maximum Gasteiger partial charge on any atom is 0.253 e. The van der Waals surface area contributed by atoms with Gasteiger partial charge in [-0.25, -0.2) is 0 Å². The Kier molecular flexibility index (Phi) is 5.73. The summed E-state index contributed by atoms with van der Waals surface area (Å²) in [6, 6.07) is 7.44. The molecule has 1 atom stereocenters. The Morgan fingerprint density at radius 2 is 1.85 bits per heavy atom. The second-order valence-corrected chi connectivity index (χ2v) is 6.29. The van der Waals surface area contributed by atoms with Gasteiger partial charge in [-0.05, 0) is 18.1 Å². The molecular formula is C18H19F4N3O. The van der Waals surface area contributed by atoms with E-state index in [-0.39, 0.29) is 12.6 Å². The Morgan fingerprint density at radius 1 is 1.15 bits per heavy atom. The lowest BCUT2D eigenvalue weighted by atomic mass is 10.1. The van der Waals surface area contributed by atoms with Crippen LogP contribution >= 0.6 is 0 Å². The van der Waals surface area contributed by atoms with Gasteiger partial charge in [0, 0.05) is 26.2 Å². The Hall–Kier alpha value is -2.19. The van der Waals surface area contributed by atoms with E-state index < -0.39 is 29.2 Å². The minimum absolute atomic E-state index is 0.0179. The van der Waals surface area contributed by atoms with Crippen molar-refractivity contribution in [3.05, 3.63) is 58.9 Å². The summed E-state index contributed by atoms with van der Waals surface area (Å²) in [7, 11) is 0. The molecule has 1 fully saturated rings. The van der Waals surface area contributed by atoms with E-state index in [9.17, 15) is 17.6 Å². The van der Waals surface area contributed by atoms with Gasteiger partial charge in [0.1, 0.15) is 5.69 Å². The van der Waals surface area contributed by atoms with Crippen molar-refractivity contribution in [1.29, 1.82) is 0 Å². The molecule has 140 valence electrons. The first kappa shape index (κ1) is 18.6. The summed E-state index contributed by atoms with van der Waals surface area (Å²) in [6.45, 7) is 5.10. The van der Waals surface area contributed by atoms with Crippen LogP contribution in [0.25, 0.3) is 0 Å². The molecule has 0 saturated carbocycles. The summed E-state index contributed by atoms with van der Waals surface area (Å²) in [4.78, 5) is 4.79.